The first-order valence-corrected chi connectivity index (χ1v) is 6.55. The maximum Gasteiger partial charge on any atom is 0.0637 e. The van der Waals surface area contributed by atoms with Crippen molar-refractivity contribution in [2.45, 2.75) is 32.7 Å². The average molecular weight is 255 g/mol. The lowest BCUT2D eigenvalue weighted by molar-refractivity contribution is 0.157. The molecule has 1 aromatic rings. The van der Waals surface area contributed by atoms with E-state index in [1.54, 1.807) is 0 Å². The van der Waals surface area contributed by atoms with Crippen molar-refractivity contribution in [2.75, 3.05) is 25.5 Å². The Hall–Kier alpha value is -0.730. The third-order valence-corrected chi connectivity index (χ3v) is 3.86. The molecule has 0 unspecified atom stereocenters. The molecule has 0 aliphatic heterocycles. The molecule has 3 heteroatoms. The highest BCUT2D eigenvalue weighted by molar-refractivity contribution is 6.33. The lowest BCUT2D eigenvalue weighted by Crippen LogP contribution is -2.42. The molecule has 0 amide bonds. The summed E-state index contributed by atoms with van der Waals surface area (Å²) in [5.41, 5.74) is 1.26. The van der Waals surface area contributed by atoms with Gasteiger partial charge < -0.3 is 5.32 Å². The maximum atomic E-state index is 6.08. The smallest absolute Gasteiger partial charge is 0.0637 e. The summed E-state index contributed by atoms with van der Waals surface area (Å²) in [5.74, 6) is 0. The summed E-state index contributed by atoms with van der Waals surface area (Å²) in [5, 5.41) is 4.15. The van der Waals surface area contributed by atoms with E-state index in [-0.39, 0.29) is 5.54 Å². The van der Waals surface area contributed by atoms with Crippen LogP contribution in [-0.4, -0.2) is 30.6 Å². The zero-order chi connectivity index (χ0) is 12.9. The summed E-state index contributed by atoms with van der Waals surface area (Å²) >= 11 is 6.08. The number of nitrogens with zero attached hydrogens (tertiary/aromatic N) is 1. The quantitative estimate of drug-likeness (QED) is 0.829. The highest BCUT2D eigenvalue weighted by atomic mass is 35.5. The van der Waals surface area contributed by atoms with Crippen molar-refractivity contribution >= 4 is 17.3 Å². The second-order valence-corrected chi connectivity index (χ2v) is 5.40. The van der Waals surface area contributed by atoms with Crippen molar-refractivity contribution in [2.24, 2.45) is 0 Å². The Balaban J connectivity index is 2.41. The molecule has 0 saturated heterocycles. The fraction of sp³-hybridized carbons (Fsp3) is 0.571. The lowest BCUT2D eigenvalue weighted by Gasteiger charge is -2.34. The van der Waals surface area contributed by atoms with E-state index in [1.807, 2.05) is 24.3 Å². The molecule has 0 fully saturated rings. The van der Waals surface area contributed by atoms with E-state index < -0.39 is 0 Å². The van der Waals surface area contributed by atoms with E-state index in [0.29, 0.717) is 0 Å². The second-order valence-electron chi connectivity index (χ2n) is 4.99. The van der Waals surface area contributed by atoms with Crippen molar-refractivity contribution in [3.8, 4) is 0 Å². The molecule has 0 heterocycles. The first-order valence-electron chi connectivity index (χ1n) is 6.17. The Kier molecular flexibility index (Phi) is 5.29. The van der Waals surface area contributed by atoms with Crippen LogP contribution in [0.1, 0.15) is 27.2 Å². The van der Waals surface area contributed by atoms with Gasteiger partial charge in [0.05, 0.1) is 10.7 Å². The first-order chi connectivity index (χ1) is 7.97. The predicted octanol–water partition coefficient (Wildman–Crippen LogP) is 3.87. The van der Waals surface area contributed by atoms with Crippen molar-refractivity contribution in [3.05, 3.63) is 29.3 Å². The summed E-state index contributed by atoms with van der Waals surface area (Å²) in [6.45, 7) is 8.67. The highest BCUT2D eigenvalue weighted by Gasteiger charge is 2.20. The normalized spacial score (nSPS) is 11.9. The van der Waals surface area contributed by atoms with Gasteiger partial charge in [0.2, 0.25) is 0 Å². The van der Waals surface area contributed by atoms with E-state index in [9.17, 15) is 0 Å². The molecule has 2 nitrogen and oxygen atoms in total. The van der Waals surface area contributed by atoms with Crippen molar-refractivity contribution in [1.82, 2.24) is 4.90 Å². The van der Waals surface area contributed by atoms with Crippen LogP contribution in [-0.2, 0) is 0 Å². The molecule has 0 radical (unpaired) electrons. The molecule has 0 aliphatic carbocycles. The van der Waals surface area contributed by atoms with Crippen molar-refractivity contribution < 1.29 is 0 Å². The molecule has 0 atom stereocenters. The minimum atomic E-state index is 0.252. The van der Waals surface area contributed by atoms with Crippen LogP contribution >= 0.6 is 11.6 Å². The van der Waals surface area contributed by atoms with Crippen LogP contribution in [0.2, 0.25) is 5.02 Å². The summed E-state index contributed by atoms with van der Waals surface area (Å²) in [7, 11) is 2.16. The van der Waals surface area contributed by atoms with Crippen molar-refractivity contribution in [1.29, 1.82) is 0 Å². The Bertz CT molecular complexity index is 350. The van der Waals surface area contributed by atoms with Crippen LogP contribution in [0.3, 0.4) is 0 Å². The van der Waals surface area contributed by atoms with Crippen LogP contribution in [0.25, 0.3) is 0 Å². The Labute approximate surface area is 110 Å². The van der Waals surface area contributed by atoms with E-state index >= 15 is 0 Å². The van der Waals surface area contributed by atoms with E-state index in [0.717, 1.165) is 30.2 Å². The molecule has 96 valence electrons. The van der Waals surface area contributed by atoms with Gasteiger partial charge in [0.15, 0.2) is 0 Å². The summed E-state index contributed by atoms with van der Waals surface area (Å²) in [6, 6.07) is 7.85. The monoisotopic (exact) mass is 254 g/mol. The molecule has 0 aromatic heterocycles. The molecule has 0 bridgehead atoms. The Morgan fingerprint density at radius 3 is 2.53 bits per heavy atom. The number of para-hydroxylation sites is 1. The van der Waals surface area contributed by atoms with E-state index in [2.05, 4.69) is 38.0 Å². The zero-order valence-electron chi connectivity index (χ0n) is 11.3. The predicted molar refractivity (Wildman–Crippen MR) is 76.9 cm³/mol. The molecular weight excluding hydrogens is 232 g/mol. The van der Waals surface area contributed by atoms with Crippen LogP contribution in [0.15, 0.2) is 24.3 Å². The standard InChI is InChI=1S/C14H23ClN2/c1-5-14(2,3)17(4)11-10-16-13-9-7-6-8-12(13)15/h6-9,16H,5,10-11H2,1-4H3. The molecule has 1 aromatic carbocycles. The fourth-order valence-electron chi connectivity index (χ4n) is 1.54. The molecule has 1 N–H and O–H groups in total. The third kappa shape index (κ3) is 4.21. The molecule has 0 saturated carbocycles. The third-order valence-electron chi connectivity index (χ3n) is 3.54. The summed E-state index contributed by atoms with van der Waals surface area (Å²) in [6.07, 6.45) is 1.15. The number of hydrogen-bond acceptors (Lipinski definition) is 2. The van der Waals surface area contributed by atoms with Crippen LogP contribution in [0.5, 0.6) is 0 Å². The van der Waals surface area contributed by atoms with E-state index in [1.165, 1.54) is 0 Å². The van der Waals surface area contributed by atoms with Gasteiger partial charge in [-0.2, -0.15) is 0 Å². The largest absolute Gasteiger partial charge is 0.383 e. The molecule has 0 spiro atoms. The van der Waals surface area contributed by atoms with Crippen molar-refractivity contribution in [3.63, 3.8) is 0 Å². The fourth-order valence-corrected chi connectivity index (χ4v) is 1.74. The Morgan fingerprint density at radius 1 is 1.29 bits per heavy atom. The number of benzene rings is 1. The van der Waals surface area contributed by atoms with Gasteiger partial charge in [0.25, 0.3) is 0 Å². The average Bonchev–Trinajstić information content (AvgIpc) is 2.31. The van der Waals surface area contributed by atoms with Gasteiger partial charge in [-0.25, -0.2) is 0 Å². The molecule has 17 heavy (non-hydrogen) atoms. The topological polar surface area (TPSA) is 15.3 Å². The van der Waals surface area contributed by atoms with Gasteiger partial charge in [-0.1, -0.05) is 30.7 Å². The molecular formula is C14H23ClN2. The number of nitrogens with one attached hydrogen (secondary N) is 1. The minimum absolute atomic E-state index is 0.252. The number of rotatable bonds is 6. The van der Waals surface area contributed by atoms with Gasteiger partial charge in [-0.3, -0.25) is 4.90 Å². The van der Waals surface area contributed by atoms with E-state index in [4.69, 9.17) is 11.6 Å². The first kappa shape index (κ1) is 14.3. The second kappa shape index (κ2) is 6.27. The van der Waals surface area contributed by atoms with Gasteiger partial charge in [-0.15, -0.1) is 0 Å². The Morgan fingerprint density at radius 2 is 1.94 bits per heavy atom. The summed E-state index contributed by atoms with van der Waals surface area (Å²) in [4.78, 5) is 2.37. The number of hydrogen-bond donors (Lipinski definition) is 1. The maximum absolute atomic E-state index is 6.08. The minimum Gasteiger partial charge on any atom is -0.383 e. The van der Waals surface area contributed by atoms with Gasteiger partial charge in [0.1, 0.15) is 0 Å². The highest BCUT2D eigenvalue weighted by Crippen LogP contribution is 2.20. The number of halogens is 1. The van der Waals surface area contributed by atoms with Gasteiger partial charge in [-0.05, 0) is 39.4 Å². The lowest BCUT2D eigenvalue weighted by atomic mass is 10.0. The van der Waals surface area contributed by atoms with Crippen LogP contribution < -0.4 is 5.32 Å². The number of likely N-dealkylation sites (N-methyl/N-ethyl adjacent to an activating group) is 1. The van der Waals surface area contributed by atoms with Gasteiger partial charge >= 0.3 is 0 Å². The van der Waals surface area contributed by atoms with Crippen LogP contribution in [0.4, 0.5) is 5.69 Å². The SMILES string of the molecule is CCC(C)(C)N(C)CCNc1ccccc1Cl. The summed E-state index contributed by atoms with van der Waals surface area (Å²) < 4.78 is 0. The zero-order valence-corrected chi connectivity index (χ0v) is 12.0. The number of anilines is 1. The van der Waals surface area contributed by atoms with Crippen LogP contribution in [0, 0.1) is 0 Å². The van der Waals surface area contributed by atoms with Gasteiger partial charge in [0, 0.05) is 18.6 Å². The molecule has 1 rings (SSSR count). The molecule has 0 aliphatic rings.